The number of nitrogens with one attached hydrogen (secondary N) is 1. The van der Waals surface area contributed by atoms with Gasteiger partial charge < -0.3 is 10.4 Å². The number of benzene rings is 1. The number of anilines is 1. The molecule has 1 saturated carbocycles. The Labute approximate surface area is 160 Å². The van der Waals surface area contributed by atoms with Crippen molar-refractivity contribution in [3.63, 3.8) is 0 Å². The average Bonchev–Trinajstić information content (AvgIpc) is 2.69. The molecule has 1 unspecified atom stereocenters. The molecule has 2 aromatic rings. The van der Waals surface area contributed by atoms with E-state index in [0.717, 1.165) is 31.2 Å². The number of hydrogen-bond acceptors (Lipinski definition) is 4. The highest BCUT2D eigenvalue weighted by Gasteiger charge is 2.20. The summed E-state index contributed by atoms with van der Waals surface area (Å²) in [6, 6.07) is 9.83. The van der Waals surface area contributed by atoms with Crippen LogP contribution in [0.3, 0.4) is 0 Å². The largest absolute Gasteiger partial charge is 0.478 e. The molecule has 142 valence electrons. The molecule has 27 heavy (non-hydrogen) atoms. The van der Waals surface area contributed by atoms with E-state index in [1.54, 1.807) is 12.1 Å². The highest BCUT2D eigenvalue weighted by Crippen LogP contribution is 2.24. The van der Waals surface area contributed by atoms with Crippen molar-refractivity contribution in [2.24, 2.45) is 0 Å². The van der Waals surface area contributed by atoms with Gasteiger partial charge in [0, 0.05) is 33.7 Å². The molecule has 2 N–H and O–H groups in total. The molecule has 0 aliphatic heterocycles. The fourth-order valence-electron chi connectivity index (χ4n) is 3.23. The van der Waals surface area contributed by atoms with Crippen molar-refractivity contribution in [1.29, 1.82) is 0 Å². The van der Waals surface area contributed by atoms with Crippen molar-refractivity contribution in [3.8, 4) is 0 Å². The van der Waals surface area contributed by atoms with Gasteiger partial charge in [-0.25, -0.2) is 4.79 Å². The van der Waals surface area contributed by atoms with Crippen LogP contribution in [0, 0.1) is 0 Å². The van der Waals surface area contributed by atoms with Gasteiger partial charge in [0.1, 0.15) is 5.69 Å². The molecule has 1 aromatic heterocycles. The highest BCUT2D eigenvalue weighted by atomic mass is 32.2. The van der Waals surface area contributed by atoms with E-state index < -0.39 is 22.7 Å². The Kier molecular flexibility index (Phi) is 6.34. The van der Waals surface area contributed by atoms with E-state index in [1.165, 1.54) is 24.8 Å². The predicted molar refractivity (Wildman–Crippen MR) is 104 cm³/mol. The Morgan fingerprint density at radius 3 is 2.67 bits per heavy atom. The predicted octanol–water partition coefficient (Wildman–Crippen LogP) is 3.61. The van der Waals surface area contributed by atoms with Crippen LogP contribution in [-0.4, -0.2) is 31.4 Å². The lowest BCUT2D eigenvalue weighted by molar-refractivity contribution is 0.0696. The van der Waals surface area contributed by atoms with Crippen LogP contribution in [0.15, 0.2) is 42.6 Å². The first kappa shape index (κ1) is 19.2. The molecule has 1 amide bonds. The second-order valence-electron chi connectivity index (χ2n) is 6.67. The Morgan fingerprint density at radius 2 is 1.93 bits per heavy atom. The van der Waals surface area contributed by atoms with E-state index >= 15 is 0 Å². The number of rotatable bonds is 6. The maximum atomic E-state index is 12.6. The molecule has 0 saturated heterocycles. The zero-order chi connectivity index (χ0) is 19.2. The first-order chi connectivity index (χ1) is 13.0. The zero-order valence-electron chi connectivity index (χ0n) is 14.9. The third-order valence-electron chi connectivity index (χ3n) is 4.66. The number of carboxylic acid groups (broad SMARTS) is 1. The first-order valence-corrected chi connectivity index (χ1v) is 10.4. The summed E-state index contributed by atoms with van der Waals surface area (Å²) < 4.78 is 12.6. The Hall–Kier alpha value is -2.54. The average molecular weight is 386 g/mol. The molecule has 0 radical (unpaired) electrons. The van der Waals surface area contributed by atoms with Gasteiger partial charge in [0.15, 0.2) is 0 Å². The van der Waals surface area contributed by atoms with Gasteiger partial charge in [-0.1, -0.05) is 31.4 Å². The van der Waals surface area contributed by atoms with Crippen LogP contribution in [0.2, 0.25) is 0 Å². The van der Waals surface area contributed by atoms with E-state index in [9.17, 15) is 13.8 Å². The van der Waals surface area contributed by atoms with Gasteiger partial charge in [-0.2, -0.15) is 0 Å². The summed E-state index contributed by atoms with van der Waals surface area (Å²) in [5.41, 5.74) is 1.52. The normalized spacial score (nSPS) is 15.9. The monoisotopic (exact) mass is 386 g/mol. The molecule has 1 aliphatic carbocycles. The maximum Gasteiger partial charge on any atom is 0.335 e. The first-order valence-electron chi connectivity index (χ1n) is 9.00. The molecular formula is C20H22N2O4S. The van der Waals surface area contributed by atoms with Gasteiger partial charge >= 0.3 is 5.97 Å². The molecule has 7 heteroatoms. The number of aromatic carboxylic acids is 1. The van der Waals surface area contributed by atoms with Gasteiger partial charge in [0.2, 0.25) is 0 Å². The Balaban J connectivity index is 1.66. The summed E-state index contributed by atoms with van der Waals surface area (Å²) >= 11 is 0. The van der Waals surface area contributed by atoms with Gasteiger partial charge in [-0.3, -0.25) is 14.0 Å². The molecule has 6 nitrogen and oxygen atoms in total. The summed E-state index contributed by atoms with van der Waals surface area (Å²) in [5, 5.41) is 12.0. The summed E-state index contributed by atoms with van der Waals surface area (Å²) in [6.45, 7) is 0. The Bertz CT molecular complexity index is 863. The van der Waals surface area contributed by atoms with E-state index in [2.05, 4.69) is 10.3 Å². The van der Waals surface area contributed by atoms with Crippen LogP contribution in [0.1, 0.15) is 58.5 Å². The lowest BCUT2D eigenvalue weighted by Gasteiger charge is -2.21. The molecule has 1 fully saturated rings. The minimum atomic E-state index is -1.11. The minimum Gasteiger partial charge on any atom is -0.478 e. The van der Waals surface area contributed by atoms with E-state index in [0.29, 0.717) is 11.4 Å². The molecule has 1 atom stereocenters. The van der Waals surface area contributed by atoms with Crippen LogP contribution in [0.25, 0.3) is 0 Å². The summed E-state index contributed by atoms with van der Waals surface area (Å²) in [6.07, 6.45) is 6.86. The number of amides is 1. The van der Waals surface area contributed by atoms with Crippen LogP contribution in [0.4, 0.5) is 5.69 Å². The van der Waals surface area contributed by atoms with Gasteiger partial charge in [-0.05, 0) is 42.7 Å². The fourth-order valence-corrected chi connectivity index (χ4v) is 4.83. The fraction of sp³-hybridized carbons (Fsp3) is 0.350. The second kappa shape index (κ2) is 8.90. The van der Waals surface area contributed by atoms with Crippen molar-refractivity contribution in [3.05, 3.63) is 59.4 Å². The number of pyridine rings is 1. The van der Waals surface area contributed by atoms with Crippen molar-refractivity contribution in [2.75, 3.05) is 5.32 Å². The van der Waals surface area contributed by atoms with Crippen LogP contribution < -0.4 is 5.32 Å². The van der Waals surface area contributed by atoms with Crippen LogP contribution in [0.5, 0.6) is 0 Å². The summed E-state index contributed by atoms with van der Waals surface area (Å²) in [7, 11) is -0.913. The SMILES string of the molecule is O=C(O)c1ccnc(C(=O)Nc2cccc(CS(=O)C3CCCCC3)c2)c1. The molecule has 3 rings (SSSR count). The minimum absolute atomic E-state index is 0.00628. The number of nitrogens with zero attached hydrogens (tertiary/aromatic N) is 1. The number of carbonyl (C=O) groups excluding carboxylic acids is 1. The molecule has 1 heterocycles. The molecule has 0 spiro atoms. The maximum absolute atomic E-state index is 12.6. The van der Waals surface area contributed by atoms with Crippen LogP contribution >= 0.6 is 0 Å². The van der Waals surface area contributed by atoms with E-state index in [1.807, 2.05) is 12.1 Å². The van der Waals surface area contributed by atoms with Crippen molar-refractivity contribution in [1.82, 2.24) is 4.98 Å². The number of aromatic nitrogens is 1. The summed E-state index contributed by atoms with van der Waals surface area (Å²) in [4.78, 5) is 27.3. The third-order valence-corrected chi connectivity index (χ3v) is 6.49. The number of carbonyl (C=O) groups is 2. The zero-order valence-corrected chi connectivity index (χ0v) is 15.7. The standard InChI is InChI=1S/C20H22N2O4S/c23-19(18-12-15(20(24)25)9-10-21-18)22-16-6-4-5-14(11-16)13-27(26)17-7-2-1-3-8-17/h4-6,9-12,17H,1-3,7-8,13H2,(H,22,23)(H,24,25). The number of hydrogen-bond donors (Lipinski definition) is 2. The third kappa shape index (κ3) is 5.23. The molecule has 0 bridgehead atoms. The topological polar surface area (TPSA) is 96.4 Å². The lowest BCUT2D eigenvalue weighted by Crippen LogP contribution is -2.20. The van der Waals surface area contributed by atoms with E-state index in [-0.39, 0.29) is 16.5 Å². The van der Waals surface area contributed by atoms with Gasteiger partial charge in [0.25, 0.3) is 5.91 Å². The van der Waals surface area contributed by atoms with Crippen LogP contribution in [-0.2, 0) is 16.6 Å². The summed E-state index contributed by atoms with van der Waals surface area (Å²) in [5.74, 6) is -1.12. The van der Waals surface area contributed by atoms with E-state index in [4.69, 9.17) is 5.11 Å². The lowest BCUT2D eigenvalue weighted by atomic mass is 10.0. The second-order valence-corrected chi connectivity index (χ2v) is 8.39. The van der Waals surface area contributed by atoms with Crippen molar-refractivity contribution >= 4 is 28.4 Å². The van der Waals surface area contributed by atoms with Gasteiger partial charge in [-0.15, -0.1) is 0 Å². The van der Waals surface area contributed by atoms with Gasteiger partial charge in [0.05, 0.1) is 5.56 Å². The smallest absolute Gasteiger partial charge is 0.335 e. The molecular weight excluding hydrogens is 364 g/mol. The number of carboxylic acids is 1. The van der Waals surface area contributed by atoms with Crippen molar-refractivity contribution in [2.45, 2.75) is 43.1 Å². The Morgan fingerprint density at radius 1 is 1.15 bits per heavy atom. The quantitative estimate of drug-likeness (QED) is 0.790. The molecule has 1 aliphatic rings. The molecule has 1 aromatic carbocycles. The highest BCUT2D eigenvalue weighted by molar-refractivity contribution is 7.84. The van der Waals surface area contributed by atoms with Crippen molar-refractivity contribution < 1.29 is 18.9 Å².